The number of hydrogen-bond donors (Lipinski definition) is 0. The number of rotatable bonds is 6. The summed E-state index contributed by atoms with van der Waals surface area (Å²) in [6.45, 7) is 0.417. The maximum absolute atomic E-state index is 12.7. The summed E-state index contributed by atoms with van der Waals surface area (Å²) in [6, 6.07) is 11.6. The average Bonchev–Trinajstić information content (AvgIpc) is 3.23. The highest BCUT2D eigenvalue weighted by Gasteiger charge is 2.24. The van der Waals surface area contributed by atoms with Crippen LogP contribution in [0.3, 0.4) is 0 Å². The molecule has 0 aliphatic rings. The number of furan rings is 1. The molecule has 8 heteroatoms. The predicted octanol–water partition coefficient (Wildman–Crippen LogP) is 4.35. The smallest absolute Gasteiger partial charge is 0.289 e. The zero-order valence-corrected chi connectivity index (χ0v) is 17.1. The number of sulfone groups is 1. The monoisotopic (exact) mass is 453 g/mol. The molecule has 0 aliphatic heterocycles. The van der Waals surface area contributed by atoms with Crippen LogP contribution in [0.4, 0.5) is 0 Å². The van der Waals surface area contributed by atoms with E-state index >= 15 is 0 Å². The van der Waals surface area contributed by atoms with Gasteiger partial charge in [-0.2, -0.15) is 0 Å². The molecule has 136 valence electrons. The van der Waals surface area contributed by atoms with Gasteiger partial charge in [-0.15, -0.1) is 11.3 Å². The first-order valence-corrected chi connectivity index (χ1v) is 11.0. The first-order valence-electron chi connectivity index (χ1n) is 7.69. The molecule has 1 amide bonds. The van der Waals surface area contributed by atoms with Crippen LogP contribution in [0.5, 0.6) is 0 Å². The molecule has 0 saturated heterocycles. The summed E-state index contributed by atoms with van der Waals surface area (Å²) in [5.74, 6) is -0.576. The minimum atomic E-state index is -3.56. The number of carbonyl (C=O) groups excluding carboxylic acids is 1. The van der Waals surface area contributed by atoms with E-state index in [-0.39, 0.29) is 22.3 Å². The molecule has 0 saturated carbocycles. The first kappa shape index (κ1) is 18.9. The largest absolute Gasteiger partial charge is 0.459 e. The summed E-state index contributed by atoms with van der Waals surface area (Å²) in [6.07, 6.45) is 1.35. The Labute approximate surface area is 164 Å². The zero-order valence-electron chi connectivity index (χ0n) is 13.9. The average molecular weight is 454 g/mol. The molecule has 0 unspecified atom stereocenters. The van der Waals surface area contributed by atoms with Gasteiger partial charge in [0.1, 0.15) is 0 Å². The maximum atomic E-state index is 12.7. The Morgan fingerprint density at radius 2 is 1.96 bits per heavy atom. The lowest BCUT2D eigenvalue weighted by Crippen LogP contribution is -2.26. The second-order valence-electron chi connectivity index (χ2n) is 5.74. The van der Waals surface area contributed by atoms with Crippen LogP contribution in [0, 0.1) is 0 Å². The fourth-order valence-electron chi connectivity index (χ4n) is 2.47. The van der Waals surface area contributed by atoms with E-state index in [0.29, 0.717) is 12.1 Å². The number of thiophene rings is 1. The van der Waals surface area contributed by atoms with Crippen molar-refractivity contribution in [3.8, 4) is 0 Å². The lowest BCUT2D eigenvalue weighted by molar-refractivity contribution is 0.0753. The van der Waals surface area contributed by atoms with Gasteiger partial charge in [0.15, 0.2) is 15.6 Å². The number of benzene rings is 1. The lowest BCUT2D eigenvalue weighted by atomic mass is 10.2. The quantitative estimate of drug-likeness (QED) is 0.556. The van der Waals surface area contributed by atoms with Crippen molar-refractivity contribution in [3.63, 3.8) is 0 Å². The Morgan fingerprint density at radius 3 is 2.62 bits per heavy atom. The molecular weight excluding hydrogens is 438 g/mol. The van der Waals surface area contributed by atoms with Crippen molar-refractivity contribution in [2.24, 2.45) is 0 Å². The third kappa shape index (κ3) is 4.25. The first-order chi connectivity index (χ1) is 12.4. The molecule has 5 nitrogen and oxygen atoms in total. The molecular formula is C18H16BrNO4S2. The second kappa shape index (κ2) is 7.77. The van der Waals surface area contributed by atoms with Gasteiger partial charge in [-0.3, -0.25) is 4.79 Å². The van der Waals surface area contributed by atoms with Gasteiger partial charge in [0.25, 0.3) is 5.91 Å². The van der Waals surface area contributed by atoms with Crippen molar-refractivity contribution >= 4 is 43.0 Å². The van der Waals surface area contributed by atoms with Gasteiger partial charge in [0.05, 0.1) is 23.5 Å². The van der Waals surface area contributed by atoms with E-state index in [0.717, 1.165) is 9.35 Å². The van der Waals surface area contributed by atoms with Gasteiger partial charge in [-0.1, -0.05) is 18.2 Å². The topological polar surface area (TPSA) is 67.6 Å². The fourth-order valence-corrected chi connectivity index (χ4v) is 5.35. The summed E-state index contributed by atoms with van der Waals surface area (Å²) in [5.41, 5.74) is 0.359. The van der Waals surface area contributed by atoms with Crippen molar-refractivity contribution in [2.75, 3.05) is 7.05 Å². The van der Waals surface area contributed by atoms with Crippen LogP contribution in [-0.4, -0.2) is 26.3 Å². The SMILES string of the molecule is CN(Cc1cc(Br)cs1)C(=O)c1occc1CS(=O)(=O)c1ccccc1. The Kier molecular flexibility index (Phi) is 5.64. The van der Waals surface area contributed by atoms with E-state index in [1.54, 1.807) is 25.2 Å². The lowest BCUT2D eigenvalue weighted by Gasteiger charge is -2.15. The molecule has 0 radical (unpaired) electrons. The minimum Gasteiger partial charge on any atom is -0.459 e. The summed E-state index contributed by atoms with van der Waals surface area (Å²) < 4.78 is 31.4. The molecule has 1 aromatic carbocycles. The van der Waals surface area contributed by atoms with Gasteiger partial charge in [-0.05, 0) is 40.2 Å². The summed E-state index contributed by atoms with van der Waals surface area (Å²) in [4.78, 5) is 15.4. The number of carbonyl (C=O) groups is 1. The van der Waals surface area contributed by atoms with Crippen LogP contribution in [0.25, 0.3) is 0 Å². The van der Waals surface area contributed by atoms with Gasteiger partial charge in [0.2, 0.25) is 0 Å². The predicted molar refractivity (Wildman–Crippen MR) is 104 cm³/mol. The summed E-state index contributed by atoms with van der Waals surface area (Å²) in [7, 11) is -1.89. The molecule has 3 rings (SSSR count). The van der Waals surface area contributed by atoms with Crippen LogP contribution in [-0.2, 0) is 22.1 Å². The van der Waals surface area contributed by atoms with Crippen molar-refractivity contribution in [3.05, 3.63) is 74.8 Å². The molecule has 0 atom stereocenters. The Morgan fingerprint density at radius 1 is 1.23 bits per heavy atom. The second-order valence-corrected chi connectivity index (χ2v) is 9.64. The van der Waals surface area contributed by atoms with E-state index in [9.17, 15) is 13.2 Å². The molecule has 0 fully saturated rings. The molecule has 0 aliphatic carbocycles. The summed E-state index contributed by atoms with van der Waals surface area (Å²) in [5, 5.41) is 1.94. The third-order valence-corrected chi connectivity index (χ3v) is 7.11. The van der Waals surface area contributed by atoms with Gasteiger partial charge in [-0.25, -0.2) is 8.42 Å². The van der Waals surface area contributed by atoms with Crippen LogP contribution in [0.1, 0.15) is 21.0 Å². The Bertz CT molecular complexity index is 1010. The highest BCUT2D eigenvalue weighted by Crippen LogP contribution is 2.24. The van der Waals surface area contributed by atoms with E-state index in [2.05, 4.69) is 15.9 Å². The van der Waals surface area contributed by atoms with E-state index in [1.165, 1.54) is 40.7 Å². The highest BCUT2D eigenvalue weighted by atomic mass is 79.9. The number of hydrogen-bond acceptors (Lipinski definition) is 5. The molecule has 3 aromatic rings. The molecule has 26 heavy (non-hydrogen) atoms. The van der Waals surface area contributed by atoms with E-state index in [1.807, 2.05) is 11.4 Å². The molecule has 0 N–H and O–H groups in total. The van der Waals surface area contributed by atoms with Crippen LogP contribution in [0.15, 0.2) is 67.9 Å². The number of nitrogens with zero attached hydrogens (tertiary/aromatic N) is 1. The Balaban J connectivity index is 1.78. The third-order valence-electron chi connectivity index (χ3n) is 3.75. The van der Waals surface area contributed by atoms with Crippen molar-refractivity contribution in [2.45, 2.75) is 17.2 Å². The van der Waals surface area contributed by atoms with Crippen LogP contribution >= 0.6 is 27.3 Å². The standard InChI is InChI=1S/C18H16BrNO4S2/c1-20(10-15-9-14(19)11-25-15)18(21)17-13(7-8-24-17)12-26(22,23)16-5-3-2-4-6-16/h2-9,11H,10,12H2,1H3. The fraction of sp³-hybridized carbons (Fsp3) is 0.167. The van der Waals surface area contributed by atoms with Gasteiger partial charge < -0.3 is 9.32 Å². The zero-order chi connectivity index (χ0) is 18.7. The van der Waals surface area contributed by atoms with Crippen molar-refractivity contribution in [1.29, 1.82) is 0 Å². The molecule has 2 heterocycles. The molecule has 0 bridgehead atoms. The summed E-state index contributed by atoms with van der Waals surface area (Å²) >= 11 is 4.92. The maximum Gasteiger partial charge on any atom is 0.289 e. The molecule has 2 aromatic heterocycles. The van der Waals surface area contributed by atoms with Crippen molar-refractivity contribution in [1.82, 2.24) is 4.90 Å². The van der Waals surface area contributed by atoms with Gasteiger partial charge >= 0.3 is 0 Å². The number of amides is 1. The normalized spacial score (nSPS) is 11.5. The number of halogens is 1. The highest BCUT2D eigenvalue weighted by molar-refractivity contribution is 9.10. The minimum absolute atomic E-state index is 0.0580. The Hall–Kier alpha value is -1.90. The van der Waals surface area contributed by atoms with E-state index in [4.69, 9.17) is 4.42 Å². The van der Waals surface area contributed by atoms with Crippen LogP contribution < -0.4 is 0 Å². The molecule has 0 spiro atoms. The van der Waals surface area contributed by atoms with Crippen molar-refractivity contribution < 1.29 is 17.6 Å². The van der Waals surface area contributed by atoms with E-state index < -0.39 is 9.84 Å². The van der Waals surface area contributed by atoms with Crippen LogP contribution in [0.2, 0.25) is 0 Å². The van der Waals surface area contributed by atoms with Gasteiger partial charge in [0, 0.05) is 27.3 Å².